The molecule has 1 aliphatic carbocycles. The van der Waals surface area contributed by atoms with Gasteiger partial charge in [0.05, 0.1) is 5.75 Å². The van der Waals surface area contributed by atoms with Gasteiger partial charge < -0.3 is 10.6 Å². The Kier molecular flexibility index (Phi) is 8.22. The number of hydrogen-bond acceptors (Lipinski definition) is 3. The highest BCUT2D eigenvalue weighted by atomic mass is 35.5. The first-order chi connectivity index (χ1) is 11.6. The zero-order valence-electron chi connectivity index (χ0n) is 13.4. The van der Waals surface area contributed by atoms with Crippen LogP contribution in [0.5, 0.6) is 0 Å². The van der Waals surface area contributed by atoms with Crippen LogP contribution in [-0.2, 0) is 15.3 Å². The number of nitrogens with one attached hydrogen (secondary N) is 2. The first-order valence-electron chi connectivity index (χ1n) is 8.12. The second kappa shape index (κ2) is 10.2. The molecule has 0 heterocycles. The van der Waals surface area contributed by atoms with Crippen molar-refractivity contribution in [2.24, 2.45) is 5.92 Å². The third kappa shape index (κ3) is 6.54. The van der Waals surface area contributed by atoms with Crippen molar-refractivity contribution in [3.05, 3.63) is 33.8 Å². The second-order valence-electron chi connectivity index (χ2n) is 5.85. The number of amides is 2. The Labute approximate surface area is 157 Å². The van der Waals surface area contributed by atoms with E-state index in [1.807, 2.05) is 6.07 Å². The van der Waals surface area contributed by atoms with Crippen molar-refractivity contribution < 1.29 is 9.59 Å². The Morgan fingerprint density at radius 3 is 2.54 bits per heavy atom. The molecule has 0 aromatic heterocycles. The van der Waals surface area contributed by atoms with Crippen LogP contribution in [0.25, 0.3) is 0 Å². The highest BCUT2D eigenvalue weighted by molar-refractivity contribution is 7.99. The van der Waals surface area contributed by atoms with E-state index in [-0.39, 0.29) is 17.7 Å². The first-order valence-corrected chi connectivity index (χ1v) is 10.0. The molecule has 24 heavy (non-hydrogen) atoms. The van der Waals surface area contributed by atoms with E-state index >= 15 is 0 Å². The van der Waals surface area contributed by atoms with Crippen LogP contribution in [-0.4, -0.2) is 30.7 Å². The summed E-state index contributed by atoms with van der Waals surface area (Å²) in [5.41, 5.74) is 0.961. The van der Waals surface area contributed by atoms with Crippen LogP contribution < -0.4 is 10.6 Å². The lowest BCUT2D eigenvalue weighted by Crippen LogP contribution is -2.37. The van der Waals surface area contributed by atoms with Crippen molar-refractivity contribution in [3.8, 4) is 0 Å². The minimum atomic E-state index is -0.0415. The van der Waals surface area contributed by atoms with Gasteiger partial charge in [0.2, 0.25) is 11.8 Å². The molecular weight excluding hydrogens is 367 g/mol. The van der Waals surface area contributed by atoms with Crippen LogP contribution in [0.2, 0.25) is 10.0 Å². The molecule has 0 saturated heterocycles. The number of carbonyl (C=O) groups is 2. The molecular formula is C17H22Cl2N2O2S. The maximum atomic E-state index is 11.8. The Morgan fingerprint density at radius 1 is 1.12 bits per heavy atom. The number of carbonyl (C=O) groups excluding carboxylic acids is 2. The fourth-order valence-electron chi connectivity index (χ4n) is 2.66. The molecule has 0 radical (unpaired) electrons. The zero-order chi connectivity index (χ0) is 17.4. The molecule has 0 aliphatic heterocycles. The normalized spacial score (nSPS) is 14.6. The number of thioether (sulfide) groups is 1. The van der Waals surface area contributed by atoms with Gasteiger partial charge in [-0.25, -0.2) is 0 Å². The van der Waals surface area contributed by atoms with E-state index < -0.39 is 0 Å². The third-order valence-electron chi connectivity index (χ3n) is 3.98. The van der Waals surface area contributed by atoms with Crippen LogP contribution in [0.15, 0.2) is 18.2 Å². The average molecular weight is 389 g/mol. The van der Waals surface area contributed by atoms with Gasteiger partial charge in [-0.1, -0.05) is 42.1 Å². The van der Waals surface area contributed by atoms with Crippen LogP contribution in [0.1, 0.15) is 31.2 Å². The molecule has 132 valence electrons. The van der Waals surface area contributed by atoms with Gasteiger partial charge in [-0.3, -0.25) is 9.59 Å². The highest BCUT2D eigenvalue weighted by Gasteiger charge is 2.21. The molecule has 1 aromatic rings. The lowest BCUT2D eigenvalue weighted by atomic mass is 10.1. The van der Waals surface area contributed by atoms with E-state index in [0.29, 0.717) is 34.6 Å². The number of hydrogen-bond donors (Lipinski definition) is 2. The van der Waals surface area contributed by atoms with E-state index in [0.717, 1.165) is 31.2 Å². The van der Waals surface area contributed by atoms with Gasteiger partial charge >= 0.3 is 0 Å². The fourth-order valence-corrected chi connectivity index (χ4v) is 4.08. The fraction of sp³-hybridized carbons (Fsp3) is 0.529. The van der Waals surface area contributed by atoms with E-state index in [9.17, 15) is 9.59 Å². The van der Waals surface area contributed by atoms with Crippen molar-refractivity contribution in [2.75, 3.05) is 18.8 Å². The molecule has 0 bridgehead atoms. The van der Waals surface area contributed by atoms with Gasteiger partial charge in [0.25, 0.3) is 0 Å². The van der Waals surface area contributed by atoms with Crippen molar-refractivity contribution in [2.45, 2.75) is 31.4 Å². The Hall–Kier alpha value is -0.910. The van der Waals surface area contributed by atoms with Gasteiger partial charge in [0, 0.05) is 34.8 Å². The summed E-state index contributed by atoms with van der Waals surface area (Å²) < 4.78 is 0. The van der Waals surface area contributed by atoms with Crippen LogP contribution in [0.3, 0.4) is 0 Å². The van der Waals surface area contributed by atoms with Crippen LogP contribution in [0.4, 0.5) is 0 Å². The third-order valence-corrected chi connectivity index (χ3v) is 5.55. The molecule has 4 nitrogen and oxygen atoms in total. The molecule has 0 unspecified atom stereocenters. The lowest BCUT2D eigenvalue weighted by Gasteiger charge is -2.11. The smallest absolute Gasteiger partial charge is 0.230 e. The quantitative estimate of drug-likeness (QED) is 0.668. The summed E-state index contributed by atoms with van der Waals surface area (Å²) in [6, 6.07) is 5.36. The second-order valence-corrected chi connectivity index (χ2v) is 7.68. The zero-order valence-corrected chi connectivity index (χ0v) is 15.8. The van der Waals surface area contributed by atoms with E-state index in [1.165, 1.54) is 11.8 Å². The topological polar surface area (TPSA) is 58.2 Å². The predicted molar refractivity (Wildman–Crippen MR) is 101 cm³/mol. The summed E-state index contributed by atoms with van der Waals surface area (Å²) in [7, 11) is 0. The molecule has 0 spiro atoms. The summed E-state index contributed by atoms with van der Waals surface area (Å²) in [5, 5.41) is 6.91. The Bertz CT molecular complexity index is 578. The minimum Gasteiger partial charge on any atom is -0.354 e. The Balaban J connectivity index is 1.55. The maximum Gasteiger partial charge on any atom is 0.230 e. The highest BCUT2D eigenvalue weighted by Crippen LogP contribution is 2.25. The summed E-state index contributed by atoms with van der Waals surface area (Å²) in [6.07, 6.45) is 4.26. The molecule has 2 N–H and O–H groups in total. The average Bonchev–Trinajstić information content (AvgIpc) is 3.08. The number of halogens is 2. The number of benzene rings is 1. The number of rotatable bonds is 8. The van der Waals surface area contributed by atoms with Crippen molar-refractivity contribution >= 4 is 46.8 Å². The predicted octanol–water partition coefficient (Wildman–Crippen LogP) is 3.65. The molecule has 2 amide bonds. The van der Waals surface area contributed by atoms with Crippen LogP contribution >= 0.6 is 35.0 Å². The monoisotopic (exact) mass is 388 g/mol. The van der Waals surface area contributed by atoms with Gasteiger partial charge in [-0.15, -0.1) is 11.8 Å². The van der Waals surface area contributed by atoms with Crippen molar-refractivity contribution in [1.82, 2.24) is 10.6 Å². The molecule has 7 heteroatoms. The van der Waals surface area contributed by atoms with Crippen molar-refractivity contribution in [1.29, 1.82) is 0 Å². The van der Waals surface area contributed by atoms with Gasteiger partial charge in [-0.2, -0.15) is 0 Å². The van der Waals surface area contributed by atoms with Gasteiger partial charge in [-0.05, 0) is 30.5 Å². The van der Waals surface area contributed by atoms with Gasteiger partial charge in [0.15, 0.2) is 0 Å². The first kappa shape index (κ1) is 19.4. The van der Waals surface area contributed by atoms with Crippen LogP contribution in [0, 0.1) is 5.92 Å². The molecule has 1 fully saturated rings. The lowest BCUT2D eigenvalue weighted by molar-refractivity contribution is -0.125. The Morgan fingerprint density at radius 2 is 1.83 bits per heavy atom. The van der Waals surface area contributed by atoms with Gasteiger partial charge in [0.1, 0.15) is 0 Å². The van der Waals surface area contributed by atoms with E-state index in [4.69, 9.17) is 23.2 Å². The van der Waals surface area contributed by atoms with E-state index in [1.54, 1.807) is 12.1 Å². The molecule has 0 atom stereocenters. The molecule has 1 aromatic carbocycles. The largest absolute Gasteiger partial charge is 0.354 e. The van der Waals surface area contributed by atoms with Crippen molar-refractivity contribution in [3.63, 3.8) is 0 Å². The summed E-state index contributed by atoms with van der Waals surface area (Å²) in [5.74, 6) is 1.26. The minimum absolute atomic E-state index is 0.0415. The molecule has 2 rings (SSSR count). The summed E-state index contributed by atoms with van der Waals surface area (Å²) in [6.45, 7) is 0.939. The molecule has 1 aliphatic rings. The summed E-state index contributed by atoms with van der Waals surface area (Å²) >= 11 is 13.4. The summed E-state index contributed by atoms with van der Waals surface area (Å²) in [4.78, 5) is 23.6. The SMILES string of the molecule is O=C(CSCc1ccc(Cl)cc1Cl)NCCNC(=O)C1CCCC1. The standard InChI is InChI=1S/C17H22Cl2N2O2S/c18-14-6-5-13(15(19)9-14)10-24-11-16(22)20-7-8-21-17(23)12-3-1-2-4-12/h5-6,9,12H,1-4,7-8,10-11H2,(H,20,22)(H,21,23). The van der Waals surface area contributed by atoms with E-state index in [2.05, 4.69) is 10.6 Å². The maximum absolute atomic E-state index is 11.8. The molecule has 1 saturated carbocycles.